The highest BCUT2D eigenvalue weighted by molar-refractivity contribution is 6.42. The van der Waals surface area contributed by atoms with E-state index in [-0.39, 0.29) is 17.6 Å². The summed E-state index contributed by atoms with van der Waals surface area (Å²) in [6.45, 7) is 0. The number of hydrogen-bond donors (Lipinski definition) is 0. The largest absolute Gasteiger partial charge is 0.487 e. The molecule has 0 fully saturated rings. The molecule has 0 bridgehead atoms. The number of rotatable bonds is 9. The van der Waals surface area contributed by atoms with Crippen molar-refractivity contribution in [1.82, 2.24) is 0 Å². The van der Waals surface area contributed by atoms with Crippen molar-refractivity contribution in [2.24, 2.45) is 0 Å². The van der Waals surface area contributed by atoms with Gasteiger partial charge in [0.2, 0.25) is 0 Å². The van der Waals surface area contributed by atoms with Crippen LogP contribution >= 0.6 is 69.6 Å². The zero-order chi connectivity index (χ0) is 12.6. The van der Waals surface area contributed by atoms with Crippen LogP contribution in [0.1, 0.15) is 0 Å². The van der Waals surface area contributed by atoms with Crippen molar-refractivity contribution >= 4 is 79.1 Å². The Balaban J connectivity index is 4.15. The lowest BCUT2D eigenvalue weighted by Crippen LogP contribution is -2.36. The Kier molecular flexibility index (Phi) is 12.0. The normalized spacial score (nSPS) is 19.1. The molecule has 0 aromatic heterocycles. The van der Waals surface area contributed by atoms with Crippen LogP contribution in [-0.2, 0) is 13.3 Å². The van der Waals surface area contributed by atoms with Crippen LogP contribution in [0, 0.1) is 0 Å². The first-order valence-corrected chi connectivity index (χ1v) is 8.42. The molecule has 0 aliphatic carbocycles. The van der Waals surface area contributed by atoms with Crippen molar-refractivity contribution in [3.63, 3.8) is 0 Å². The van der Waals surface area contributed by atoms with Gasteiger partial charge in [0.1, 0.15) is 16.7 Å². The molecule has 0 aliphatic heterocycles. The number of alkyl halides is 6. The maximum Gasteiger partial charge on any atom is 0.487 e. The zero-order valence-corrected chi connectivity index (χ0v) is 13.6. The van der Waals surface area contributed by atoms with E-state index < -0.39 is 26.2 Å². The second-order valence-electron chi connectivity index (χ2n) is 2.39. The summed E-state index contributed by atoms with van der Waals surface area (Å²) in [5.74, 6) is 0.248. The first-order chi connectivity index (χ1) is 7.53. The van der Waals surface area contributed by atoms with E-state index in [4.69, 9.17) is 82.9 Å². The van der Waals surface area contributed by atoms with Gasteiger partial charge in [-0.2, -0.15) is 0 Å². The summed E-state index contributed by atoms with van der Waals surface area (Å²) in [5.41, 5.74) is -2.22. The van der Waals surface area contributed by atoms with Gasteiger partial charge in [-0.1, -0.05) is 34.8 Å². The fourth-order valence-corrected chi connectivity index (χ4v) is 3.11. The third-order valence-corrected chi connectivity index (χ3v) is 5.40. The molecule has 0 amide bonds. The molecule has 0 N–H and O–H groups in total. The summed E-state index contributed by atoms with van der Waals surface area (Å²) in [6, 6.07) is 0. The second-order valence-corrected chi connectivity index (χ2v) is 6.17. The molecule has 0 spiro atoms. The van der Waals surface area contributed by atoms with Crippen molar-refractivity contribution in [1.29, 1.82) is 0 Å². The molecule has 0 aromatic rings. The Hall–Kier alpha value is 1.84. The van der Waals surface area contributed by atoms with E-state index in [1.165, 1.54) is 0 Å². The summed E-state index contributed by atoms with van der Waals surface area (Å²) >= 11 is 33.5. The highest BCUT2D eigenvalue weighted by Crippen LogP contribution is 2.13. The summed E-state index contributed by atoms with van der Waals surface area (Å²) in [7, 11) is -2.61. The fourth-order valence-electron chi connectivity index (χ4n) is 0.567. The van der Waals surface area contributed by atoms with E-state index in [0.29, 0.717) is 0 Å². The van der Waals surface area contributed by atoms with Crippen LogP contribution in [0.25, 0.3) is 0 Å². The average Bonchev–Trinajstić information content (AvgIpc) is 2.28. The molecule has 0 rings (SSSR count). The van der Waals surface area contributed by atoms with Crippen LogP contribution in [0.4, 0.5) is 0 Å². The van der Waals surface area contributed by atoms with Gasteiger partial charge in [-0.15, -0.1) is 34.8 Å². The Morgan fingerprint density at radius 3 is 1.12 bits per heavy atom. The van der Waals surface area contributed by atoms with Gasteiger partial charge in [0, 0.05) is 0 Å². The molecular formula is C6H10Cl6O3Si. The Labute approximate surface area is 126 Å². The van der Waals surface area contributed by atoms with Crippen LogP contribution in [0.3, 0.4) is 0 Å². The van der Waals surface area contributed by atoms with Crippen LogP contribution in [-0.4, -0.2) is 43.9 Å². The zero-order valence-electron chi connectivity index (χ0n) is 7.92. The van der Waals surface area contributed by atoms with Crippen LogP contribution < -0.4 is 0 Å². The lowest BCUT2D eigenvalue weighted by Gasteiger charge is -2.22. The van der Waals surface area contributed by atoms with E-state index in [9.17, 15) is 0 Å². The lowest BCUT2D eigenvalue weighted by molar-refractivity contribution is 0.0778. The molecule has 3 unspecified atom stereocenters. The number of halogens is 6. The van der Waals surface area contributed by atoms with E-state index in [2.05, 4.69) is 0 Å². The summed E-state index contributed by atoms with van der Waals surface area (Å²) < 4.78 is 15.6. The topological polar surface area (TPSA) is 27.7 Å². The Bertz CT molecular complexity index is 150. The van der Waals surface area contributed by atoms with E-state index >= 15 is 0 Å². The molecule has 3 atom stereocenters. The Morgan fingerprint density at radius 1 is 0.688 bits per heavy atom. The van der Waals surface area contributed by atoms with Crippen molar-refractivity contribution < 1.29 is 13.3 Å². The maximum atomic E-state index is 5.68. The van der Waals surface area contributed by atoms with Crippen LogP contribution in [0.5, 0.6) is 0 Å². The highest BCUT2D eigenvalue weighted by atomic mass is 35.5. The predicted octanol–water partition coefficient (Wildman–Crippen LogP) is 3.16. The first kappa shape index (κ1) is 17.8. The first-order valence-electron chi connectivity index (χ1n) is 4.10. The number of hydrogen-bond acceptors (Lipinski definition) is 3. The van der Waals surface area contributed by atoms with Gasteiger partial charge < -0.3 is 13.3 Å². The average molecular weight is 371 g/mol. The van der Waals surface area contributed by atoms with Crippen molar-refractivity contribution in [3.05, 3.63) is 0 Å². The predicted molar refractivity (Wildman–Crippen MR) is 71.5 cm³/mol. The third kappa shape index (κ3) is 8.86. The molecule has 0 saturated carbocycles. The van der Waals surface area contributed by atoms with E-state index in [0.717, 1.165) is 0 Å². The minimum atomic E-state index is -2.61. The Morgan fingerprint density at radius 2 is 0.938 bits per heavy atom. The van der Waals surface area contributed by atoms with E-state index in [1.807, 2.05) is 0 Å². The molecule has 10 heteroatoms. The van der Waals surface area contributed by atoms with Gasteiger partial charge in [0.15, 0.2) is 0 Å². The van der Waals surface area contributed by atoms with E-state index in [1.54, 1.807) is 0 Å². The fraction of sp³-hybridized carbons (Fsp3) is 1.00. The quantitative estimate of drug-likeness (QED) is 0.461. The van der Waals surface area contributed by atoms with Crippen molar-refractivity contribution in [3.8, 4) is 0 Å². The SMILES string of the molecule is ClCC(Cl)O[SiH](OC(Cl)CCl)OC(Cl)CCl. The molecule has 0 radical (unpaired) electrons. The standard InChI is InChI=1S/C6H10Cl6O3Si/c7-1-4(10)13-16(14-5(11)2-8)15-6(12)3-9/h4-6,16H,1-3H2. The highest BCUT2D eigenvalue weighted by Gasteiger charge is 2.25. The summed E-state index contributed by atoms with van der Waals surface area (Å²) in [5, 5.41) is 0. The maximum absolute atomic E-state index is 5.68. The van der Waals surface area contributed by atoms with Gasteiger partial charge in [0.25, 0.3) is 0 Å². The third-order valence-electron chi connectivity index (χ3n) is 1.14. The minimum Gasteiger partial charge on any atom is -0.357 e. The van der Waals surface area contributed by atoms with Gasteiger partial charge in [-0.3, -0.25) is 0 Å². The molecule has 16 heavy (non-hydrogen) atoms. The lowest BCUT2D eigenvalue weighted by atomic mass is 10.9. The molecule has 0 aliphatic rings. The second kappa shape index (κ2) is 10.7. The van der Waals surface area contributed by atoms with Crippen LogP contribution in [0.2, 0.25) is 0 Å². The van der Waals surface area contributed by atoms with Crippen molar-refractivity contribution in [2.75, 3.05) is 17.6 Å². The minimum absolute atomic E-state index is 0.0828. The van der Waals surface area contributed by atoms with Gasteiger partial charge in [0.05, 0.1) is 17.6 Å². The van der Waals surface area contributed by atoms with Gasteiger partial charge in [-0.05, 0) is 0 Å². The molecule has 0 aromatic carbocycles. The van der Waals surface area contributed by atoms with Crippen molar-refractivity contribution in [2.45, 2.75) is 16.7 Å². The smallest absolute Gasteiger partial charge is 0.357 e. The summed E-state index contributed by atoms with van der Waals surface area (Å²) in [4.78, 5) is 0. The molecular weight excluding hydrogens is 361 g/mol. The van der Waals surface area contributed by atoms with Gasteiger partial charge >= 0.3 is 9.53 Å². The van der Waals surface area contributed by atoms with Gasteiger partial charge in [-0.25, -0.2) is 0 Å². The monoisotopic (exact) mass is 368 g/mol. The van der Waals surface area contributed by atoms with Crippen LogP contribution in [0.15, 0.2) is 0 Å². The molecule has 0 saturated heterocycles. The molecule has 0 heterocycles. The molecule has 3 nitrogen and oxygen atoms in total. The molecule has 98 valence electrons. The summed E-state index contributed by atoms with van der Waals surface area (Å²) in [6.07, 6.45) is 0.